The Morgan fingerprint density at radius 3 is 3.00 bits per heavy atom. The van der Waals surface area contributed by atoms with Gasteiger partial charge in [0.2, 0.25) is 0 Å². The monoisotopic (exact) mass is 184 g/mol. The predicted molar refractivity (Wildman–Crippen MR) is 49.6 cm³/mol. The number of methoxy groups -OCH3 is 1. The molecule has 0 aliphatic rings. The molecule has 1 rings (SSSR count). The summed E-state index contributed by atoms with van der Waals surface area (Å²) in [6.07, 6.45) is 5.58. The molecule has 4 nitrogen and oxygen atoms in total. The van der Waals surface area contributed by atoms with Gasteiger partial charge in [0.1, 0.15) is 6.23 Å². The predicted octanol–water partition coefficient (Wildman–Crippen LogP) is 1.57. The average molecular weight is 184 g/mol. The molecule has 1 unspecified atom stereocenters. The van der Waals surface area contributed by atoms with Gasteiger partial charge in [-0.15, -0.1) is 0 Å². The molecule has 0 fully saturated rings. The second-order valence-electron chi connectivity index (χ2n) is 2.98. The Morgan fingerprint density at radius 2 is 2.46 bits per heavy atom. The van der Waals surface area contributed by atoms with E-state index in [9.17, 15) is 5.11 Å². The normalized spacial score (nSPS) is 12.8. The molecule has 0 saturated heterocycles. The molecule has 1 heterocycles. The van der Waals surface area contributed by atoms with E-state index in [0.29, 0.717) is 5.75 Å². The summed E-state index contributed by atoms with van der Waals surface area (Å²) in [4.78, 5) is 0. The standard InChI is InChI=1S/C9H16N2O2/c1-3-4-5-9(12)11-7-8(13-2)6-10-11/h6-7,9,12H,3-5H2,1-2H3. The molecule has 0 aromatic carbocycles. The van der Waals surface area contributed by atoms with Crippen molar-refractivity contribution in [3.63, 3.8) is 0 Å². The summed E-state index contributed by atoms with van der Waals surface area (Å²) in [6.45, 7) is 2.09. The second-order valence-corrected chi connectivity index (χ2v) is 2.98. The van der Waals surface area contributed by atoms with Gasteiger partial charge in [-0.2, -0.15) is 5.10 Å². The van der Waals surface area contributed by atoms with Crippen LogP contribution in [0.15, 0.2) is 12.4 Å². The molecule has 1 aromatic heterocycles. The Balaban J connectivity index is 2.50. The molecule has 0 amide bonds. The van der Waals surface area contributed by atoms with E-state index in [1.54, 1.807) is 19.5 Å². The zero-order valence-electron chi connectivity index (χ0n) is 8.10. The van der Waals surface area contributed by atoms with Crippen molar-refractivity contribution in [3.05, 3.63) is 12.4 Å². The molecule has 74 valence electrons. The molecule has 0 aliphatic heterocycles. The Hall–Kier alpha value is -1.03. The minimum Gasteiger partial charge on any atom is -0.493 e. The second kappa shape index (κ2) is 4.87. The Kier molecular flexibility index (Phi) is 3.76. The van der Waals surface area contributed by atoms with E-state index in [4.69, 9.17) is 4.74 Å². The van der Waals surface area contributed by atoms with Crippen molar-refractivity contribution >= 4 is 0 Å². The first-order valence-corrected chi connectivity index (χ1v) is 4.54. The van der Waals surface area contributed by atoms with Crippen molar-refractivity contribution in [1.29, 1.82) is 0 Å². The molecule has 0 bridgehead atoms. The Morgan fingerprint density at radius 1 is 1.69 bits per heavy atom. The van der Waals surface area contributed by atoms with Gasteiger partial charge in [0.25, 0.3) is 0 Å². The fraction of sp³-hybridized carbons (Fsp3) is 0.667. The van der Waals surface area contributed by atoms with E-state index in [-0.39, 0.29) is 0 Å². The number of aliphatic hydroxyl groups excluding tert-OH is 1. The van der Waals surface area contributed by atoms with Gasteiger partial charge in [-0.25, -0.2) is 4.68 Å². The average Bonchev–Trinajstić information content (AvgIpc) is 2.62. The molecule has 13 heavy (non-hydrogen) atoms. The van der Waals surface area contributed by atoms with Crippen LogP contribution in [0.1, 0.15) is 32.4 Å². The first kappa shape index (κ1) is 10.1. The largest absolute Gasteiger partial charge is 0.493 e. The highest BCUT2D eigenvalue weighted by Crippen LogP contribution is 2.14. The van der Waals surface area contributed by atoms with Gasteiger partial charge in [-0.1, -0.05) is 13.3 Å². The molecule has 0 aliphatic carbocycles. The van der Waals surface area contributed by atoms with Crippen molar-refractivity contribution in [1.82, 2.24) is 9.78 Å². The lowest BCUT2D eigenvalue weighted by Crippen LogP contribution is -2.08. The van der Waals surface area contributed by atoms with Crippen molar-refractivity contribution in [2.75, 3.05) is 7.11 Å². The number of rotatable bonds is 5. The third-order valence-electron chi connectivity index (χ3n) is 1.93. The molecule has 1 aromatic rings. The highest BCUT2D eigenvalue weighted by molar-refractivity contribution is 5.11. The summed E-state index contributed by atoms with van der Waals surface area (Å²) in [5.74, 6) is 0.676. The smallest absolute Gasteiger partial charge is 0.156 e. The van der Waals surface area contributed by atoms with E-state index in [1.165, 1.54) is 4.68 Å². The number of aromatic nitrogens is 2. The summed E-state index contributed by atoms with van der Waals surface area (Å²) in [5.41, 5.74) is 0. The lowest BCUT2D eigenvalue weighted by atomic mass is 10.2. The van der Waals surface area contributed by atoms with Crippen LogP contribution in [-0.2, 0) is 0 Å². The summed E-state index contributed by atoms with van der Waals surface area (Å²) >= 11 is 0. The molecular formula is C9H16N2O2. The molecule has 1 atom stereocenters. The number of nitrogens with zero attached hydrogens (tertiary/aromatic N) is 2. The summed E-state index contributed by atoms with van der Waals surface area (Å²) in [5, 5.41) is 13.6. The minimum absolute atomic E-state index is 0.524. The molecule has 0 saturated carbocycles. The first-order valence-electron chi connectivity index (χ1n) is 4.54. The number of hydrogen-bond acceptors (Lipinski definition) is 3. The van der Waals surface area contributed by atoms with Gasteiger partial charge in [-0.3, -0.25) is 0 Å². The van der Waals surface area contributed by atoms with Gasteiger partial charge in [0.15, 0.2) is 5.75 Å². The van der Waals surface area contributed by atoms with Gasteiger partial charge >= 0.3 is 0 Å². The van der Waals surface area contributed by atoms with Crippen LogP contribution in [0.5, 0.6) is 5.75 Å². The van der Waals surface area contributed by atoms with Crippen LogP contribution >= 0.6 is 0 Å². The molecule has 0 spiro atoms. The minimum atomic E-state index is -0.524. The van der Waals surface area contributed by atoms with Crippen LogP contribution in [0.2, 0.25) is 0 Å². The van der Waals surface area contributed by atoms with Crippen LogP contribution < -0.4 is 4.74 Å². The van der Waals surface area contributed by atoms with Crippen molar-refractivity contribution in [2.24, 2.45) is 0 Å². The SMILES string of the molecule is CCCCC(O)n1cc(OC)cn1. The number of hydrogen-bond donors (Lipinski definition) is 1. The summed E-state index contributed by atoms with van der Waals surface area (Å²) in [6, 6.07) is 0. The molecule has 0 radical (unpaired) electrons. The zero-order valence-corrected chi connectivity index (χ0v) is 8.10. The van der Waals surface area contributed by atoms with Gasteiger partial charge < -0.3 is 9.84 Å². The van der Waals surface area contributed by atoms with Crippen LogP contribution in [0.3, 0.4) is 0 Å². The molecule has 1 N–H and O–H groups in total. The van der Waals surface area contributed by atoms with E-state index >= 15 is 0 Å². The van der Waals surface area contributed by atoms with E-state index < -0.39 is 6.23 Å². The molecule has 4 heteroatoms. The maximum atomic E-state index is 9.61. The van der Waals surface area contributed by atoms with E-state index in [0.717, 1.165) is 19.3 Å². The molecular weight excluding hydrogens is 168 g/mol. The first-order chi connectivity index (χ1) is 6.27. The fourth-order valence-electron chi connectivity index (χ4n) is 1.11. The maximum Gasteiger partial charge on any atom is 0.156 e. The highest BCUT2D eigenvalue weighted by Gasteiger charge is 2.07. The van der Waals surface area contributed by atoms with Crippen molar-refractivity contribution < 1.29 is 9.84 Å². The highest BCUT2D eigenvalue weighted by atomic mass is 16.5. The van der Waals surface area contributed by atoms with Crippen LogP contribution in [0.4, 0.5) is 0 Å². The quantitative estimate of drug-likeness (QED) is 0.755. The number of ether oxygens (including phenoxy) is 1. The van der Waals surface area contributed by atoms with Gasteiger partial charge in [0, 0.05) is 0 Å². The van der Waals surface area contributed by atoms with Crippen molar-refractivity contribution in [2.45, 2.75) is 32.4 Å². The summed E-state index contributed by atoms with van der Waals surface area (Å²) < 4.78 is 6.48. The van der Waals surface area contributed by atoms with E-state index in [2.05, 4.69) is 12.0 Å². The van der Waals surface area contributed by atoms with Crippen LogP contribution in [0.25, 0.3) is 0 Å². The fourth-order valence-corrected chi connectivity index (χ4v) is 1.11. The van der Waals surface area contributed by atoms with Crippen molar-refractivity contribution in [3.8, 4) is 5.75 Å². The zero-order chi connectivity index (χ0) is 9.68. The topological polar surface area (TPSA) is 47.3 Å². The van der Waals surface area contributed by atoms with Crippen LogP contribution in [0, 0.1) is 0 Å². The van der Waals surface area contributed by atoms with Gasteiger partial charge in [-0.05, 0) is 12.8 Å². The van der Waals surface area contributed by atoms with Crippen LogP contribution in [-0.4, -0.2) is 22.0 Å². The summed E-state index contributed by atoms with van der Waals surface area (Å²) in [7, 11) is 1.58. The van der Waals surface area contributed by atoms with E-state index in [1.807, 2.05) is 0 Å². The number of aliphatic hydroxyl groups is 1. The third-order valence-corrected chi connectivity index (χ3v) is 1.93. The number of unbranched alkanes of at least 4 members (excludes halogenated alkanes) is 1. The van der Waals surface area contributed by atoms with Gasteiger partial charge in [0.05, 0.1) is 19.5 Å². The third kappa shape index (κ3) is 2.73. The Bertz CT molecular complexity index is 248. The maximum absolute atomic E-state index is 9.61. The lowest BCUT2D eigenvalue weighted by Gasteiger charge is -2.09. The lowest BCUT2D eigenvalue weighted by molar-refractivity contribution is 0.0789. The Labute approximate surface area is 78.1 Å².